The summed E-state index contributed by atoms with van der Waals surface area (Å²) in [4.78, 5) is 34.7. The van der Waals surface area contributed by atoms with Gasteiger partial charge in [-0.1, -0.05) is 6.92 Å². The van der Waals surface area contributed by atoms with E-state index in [4.69, 9.17) is 9.47 Å². The molecule has 0 aliphatic carbocycles. The average Bonchev–Trinajstić information content (AvgIpc) is 2.77. The van der Waals surface area contributed by atoms with Gasteiger partial charge < -0.3 is 19.1 Å². The highest BCUT2D eigenvalue weighted by Gasteiger charge is 2.27. The molecule has 8 nitrogen and oxygen atoms in total. The van der Waals surface area contributed by atoms with E-state index in [0.29, 0.717) is 36.0 Å². The number of nitrogens with zero attached hydrogens (tertiary/aromatic N) is 2. The lowest BCUT2D eigenvalue weighted by Crippen LogP contribution is -2.25. The fraction of sp³-hybridized carbons (Fsp3) is 0.455. The Labute approximate surface area is 173 Å². The number of fused-ring (bicyclic) bond motifs is 3. The van der Waals surface area contributed by atoms with E-state index in [-0.39, 0.29) is 17.4 Å². The molecule has 1 aromatic carbocycles. The highest BCUT2D eigenvalue weighted by atomic mass is 16.5. The van der Waals surface area contributed by atoms with Crippen molar-refractivity contribution in [2.24, 2.45) is 11.1 Å². The summed E-state index contributed by atoms with van der Waals surface area (Å²) in [5, 5.41) is 12.9. The van der Waals surface area contributed by atoms with Gasteiger partial charge in [-0.15, -0.1) is 4.91 Å². The number of phenolic OH excluding ortho intramolecular Hbond substituents is 1. The van der Waals surface area contributed by atoms with Gasteiger partial charge in [-0.05, 0) is 49.3 Å². The Morgan fingerprint density at radius 3 is 2.77 bits per heavy atom. The first-order valence-electron chi connectivity index (χ1n) is 10.2. The zero-order chi connectivity index (χ0) is 21.3. The molecule has 0 unspecified atom stereocenters. The van der Waals surface area contributed by atoms with E-state index in [2.05, 4.69) is 5.18 Å². The average molecular weight is 412 g/mol. The van der Waals surface area contributed by atoms with Gasteiger partial charge in [-0.3, -0.25) is 9.59 Å². The molecular weight excluding hydrogens is 388 g/mol. The van der Waals surface area contributed by atoms with Crippen molar-refractivity contribution >= 4 is 5.91 Å². The predicted molar refractivity (Wildman–Crippen MR) is 110 cm³/mol. The standard InChI is InChI=1S/C22H24N2O6/c1-2-15-7-14-8-21(30-12-13-3-5-29-6-4-13)20(26)9-16(14)18-10-19(25)17(11-24(15)18)22(27)23-28/h8-11,13,15,26H,2-7,12H2,1H3/t15-/m0/s1. The van der Waals surface area contributed by atoms with Crippen molar-refractivity contribution in [2.45, 2.75) is 38.6 Å². The maximum Gasteiger partial charge on any atom is 0.322 e. The molecule has 1 atom stereocenters. The second kappa shape index (κ2) is 8.39. The van der Waals surface area contributed by atoms with Crippen LogP contribution in [-0.4, -0.2) is 35.4 Å². The number of aromatic hydroxyl groups is 1. The quantitative estimate of drug-likeness (QED) is 0.754. The van der Waals surface area contributed by atoms with Crippen molar-refractivity contribution in [1.82, 2.24) is 4.57 Å². The largest absolute Gasteiger partial charge is 0.504 e. The van der Waals surface area contributed by atoms with Crippen LogP contribution in [0, 0.1) is 10.8 Å². The number of rotatable bonds is 5. The molecule has 1 amide bonds. The molecule has 0 saturated carbocycles. The summed E-state index contributed by atoms with van der Waals surface area (Å²) in [6, 6.07) is 4.78. The molecule has 1 aromatic heterocycles. The number of pyridine rings is 1. The number of hydrogen-bond donors (Lipinski definition) is 1. The van der Waals surface area contributed by atoms with E-state index < -0.39 is 11.3 Å². The number of amides is 1. The third-order valence-corrected chi connectivity index (χ3v) is 5.99. The van der Waals surface area contributed by atoms with Crippen molar-refractivity contribution in [2.75, 3.05) is 19.8 Å². The lowest BCUT2D eigenvalue weighted by molar-refractivity contribution is 0.0493. The number of benzene rings is 1. The number of aromatic nitrogens is 1. The summed E-state index contributed by atoms with van der Waals surface area (Å²) in [6.45, 7) is 4.00. The molecule has 0 radical (unpaired) electrons. The first-order valence-corrected chi connectivity index (χ1v) is 10.2. The summed E-state index contributed by atoms with van der Waals surface area (Å²) in [5.74, 6) is -0.234. The van der Waals surface area contributed by atoms with Crippen molar-refractivity contribution in [1.29, 1.82) is 0 Å². The van der Waals surface area contributed by atoms with Gasteiger partial charge in [0.15, 0.2) is 16.9 Å². The number of phenols is 1. The fourth-order valence-electron chi connectivity index (χ4n) is 4.22. The zero-order valence-corrected chi connectivity index (χ0v) is 16.8. The third kappa shape index (κ3) is 3.75. The first kappa shape index (κ1) is 20.3. The normalized spacial score (nSPS) is 18.4. The monoisotopic (exact) mass is 412 g/mol. The predicted octanol–water partition coefficient (Wildman–Crippen LogP) is 3.44. The molecule has 4 rings (SSSR count). The molecule has 2 aromatic rings. The molecule has 2 aliphatic rings. The van der Waals surface area contributed by atoms with Crippen LogP contribution in [-0.2, 0) is 11.2 Å². The molecule has 2 aliphatic heterocycles. The minimum Gasteiger partial charge on any atom is -0.504 e. The fourth-order valence-corrected chi connectivity index (χ4v) is 4.22. The summed E-state index contributed by atoms with van der Waals surface area (Å²) in [7, 11) is 0. The van der Waals surface area contributed by atoms with E-state index in [1.54, 1.807) is 6.07 Å². The molecule has 1 fully saturated rings. The van der Waals surface area contributed by atoms with Gasteiger partial charge in [0.2, 0.25) is 0 Å². The van der Waals surface area contributed by atoms with Crippen LogP contribution in [0.3, 0.4) is 0 Å². The Morgan fingerprint density at radius 2 is 2.07 bits per heavy atom. The smallest absolute Gasteiger partial charge is 0.322 e. The van der Waals surface area contributed by atoms with E-state index in [0.717, 1.165) is 38.0 Å². The molecule has 8 heteroatoms. The Balaban J connectivity index is 1.70. The molecule has 0 spiro atoms. The van der Waals surface area contributed by atoms with Crippen LogP contribution in [0.4, 0.5) is 0 Å². The van der Waals surface area contributed by atoms with Crippen molar-refractivity contribution < 1.29 is 19.4 Å². The van der Waals surface area contributed by atoms with E-state index >= 15 is 0 Å². The summed E-state index contributed by atoms with van der Waals surface area (Å²) < 4.78 is 13.1. The number of ether oxygens (including phenoxy) is 2. The Bertz CT molecular complexity index is 1040. The number of nitroso groups, excluding NO2 is 1. The van der Waals surface area contributed by atoms with Crippen LogP contribution in [0.2, 0.25) is 0 Å². The van der Waals surface area contributed by atoms with E-state index in [9.17, 15) is 19.6 Å². The highest BCUT2D eigenvalue weighted by Crippen LogP contribution is 2.41. The van der Waals surface area contributed by atoms with Crippen molar-refractivity contribution in [3.05, 3.63) is 50.7 Å². The van der Waals surface area contributed by atoms with E-state index in [1.807, 2.05) is 17.6 Å². The molecule has 30 heavy (non-hydrogen) atoms. The second-order valence-corrected chi connectivity index (χ2v) is 7.85. The topological polar surface area (TPSA) is 107 Å². The maximum atomic E-state index is 12.4. The minimum absolute atomic E-state index is 0.000752. The maximum absolute atomic E-state index is 12.4. The molecule has 3 heterocycles. The lowest BCUT2D eigenvalue weighted by atomic mass is 9.90. The minimum atomic E-state index is -1.07. The van der Waals surface area contributed by atoms with Crippen molar-refractivity contribution in [3.63, 3.8) is 0 Å². The van der Waals surface area contributed by atoms with Gasteiger partial charge >= 0.3 is 5.91 Å². The van der Waals surface area contributed by atoms with Gasteiger partial charge in [0.05, 0.1) is 12.3 Å². The van der Waals surface area contributed by atoms with Crippen LogP contribution in [0.5, 0.6) is 11.5 Å². The second-order valence-electron chi connectivity index (χ2n) is 7.85. The first-order chi connectivity index (χ1) is 14.5. The van der Waals surface area contributed by atoms with Gasteiger partial charge in [0, 0.05) is 42.3 Å². The Hall–Kier alpha value is -3.00. The third-order valence-electron chi connectivity index (χ3n) is 5.99. The van der Waals surface area contributed by atoms with Crippen LogP contribution >= 0.6 is 0 Å². The highest BCUT2D eigenvalue weighted by molar-refractivity contribution is 5.94. The summed E-state index contributed by atoms with van der Waals surface area (Å²) in [6.07, 6.45) is 4.70. The lowest BCUT2D eigenvalue weighted by Gasteiger charge is -2.31. The Kier molecular flexibility index (Phi) is 5.67. The SMILES string of the molecule is CC[C@H]1Cc2cc(OCC3CCOCC3)c(O)cc2-c2cc(=O)c(C(=O)N=O)cn21. The summed E-state index contributed by atoms with van der Waals surface area (Å²) in [5.41, 5.74) is 1.48. The van der Waals surface area contributed by atoms with Crippen LogP contribution in [0.25, 0.3) is 11.3 Å². The number of carbonyl (C=O) groups is 1. The van der Waals surface area contributed by atoms with Gasteiger partial charge in [0.25, 0.3) is 0 Å². The zero-order valence-electron chi connectivity index (χ0n) is 16.8. The summed E-state index contributed by atoms with van der Waals surface area (Å²) >= 11 is 0. The number of carbonyl (C=O) groups excluding carboxylic acids is 1. The van der Waals surface area contributed by atoms with Gasteiger partial charge in [-0.2, -0.15) is 0 Å². The van der Waals surface area contributed by atoms with Crippen LogP contribution in [0.1, 0.15) is 48.1 Å². The Morgan fingerprint density at radius 1 is 1.30 bits per heavy atom. The van der Waals surface area contributed by atoms with Crippen molar-refractivity contribution in [3.8, 4) is 22.8 Å². The van der Waals surface area contributed by atoms with E-state index in [1.165, 1.54) is 12.3 Å². The van der Waals surface area contributed by atoms with Crippen LogP contribution in [0.15, 0.2) is 34.4 Å². The molecule has 1 saturated heterocycles. The number of hydrogen-bond acceptors (Lipinski definition) is 6. The van der Waals surface area contributed by atoms with Gasteiger partial charge in [0.1, 0.15) is 5.56 Å². The van der Waals surface area contributed by atoms with Gasteiger partial charge in [-0.25, -0.2) is 0 Å². The molecule has 0 bridgehead atoms. The molecule has 158 valence electrons. The molecule has 1 N–H and O–H groups in total. The van der Waals surface area contributed by atoms with Crippen LogP contribution < -0.4 is 10.2 Å². The molecular formula is C22H24N2O6.